The molecule has 0 aromatic rings. The Morgan fingerprint density at radius 1 is 1.18 bits per heavy atom. The van der Waals surface area contributed by atoms with Gasteiger partial charge in [-0.05, 0) is 13.6 Å². The summed E-state index contributed by atoms with van der Waals surface area (Å²) in [7, 11) is 2.21. The van der Waals surface area contributed by atoms with Crippen molar-refractivity contribution >= 4 is 13.5 Å². The molecule has 2 rings (SSSR count). The highest BCUT2D eigenvalue weighted by Gasteiger charge is 2.49. The fourth-order valence-electron chi connectivity index (χ4n) is 2.42. The van der Waals surface area contributed by atoms with Crippen LogP contribution in [0.3, 0.4) is 0 Å². The standard InChI is InChI=1S/C8H16N2.H2S/c1-3-10-6-8(7-10)4-9(2)5-8;/h3-7H2,1-2H3;1H2. The average molecular weight is 174 g/mol. The Hall–Kier alpha value is 0.270. The summed E-state index contributed by atoms with van der Waals surface area (Å²) in [6.45, 7) is 8.87. The van der Waals surface area contributed by atoms with E-state index in [0.717, 1.165) is 5.41 Å². The van der Waals surface area contributed by atoms with Gasteiger partial charge >= 0.3 is 0 Å². The van der Waals surface area contributed by atoms with Crippen LogP contribution in [0.1, 0.15) is 6.92 Å². The third-order valence-corrected chi connectivity index (χ3v) is 2.78. The highest BCUT2D eigenvalue weighted by molar-refractivity contribution is 7.59. The van der Waals surface area contributed by atoms with Gasteiger partial charge in [0.15, 0.2) is 0 Å². The quantitative estimate of drug-likeness (QED) is 0.566. The highest BCUT2D eigenvalue weighted by Crippen LogP contribution is 2.37. The molecule has 2 fully saturated rings. The van der Waals surface area contributed by atoms with Gasteiger partial charge in [0.25, 0.3) is 0 Å². The van der Waals surface area contributed by atoms with Crippen LogP contribution >= 0.6 is 13.5 Å². The van der Waals surface area contributed by atoms with E-state index in [1.54, 1.807) is 0 Å². The van der Waals surface area contributed by atoms with Crippen LogP contribution in [0.5, 0.6) is 0 Å². The lowest BCUT2D eigenvalue weighted by Crippen LogP contribution is -2.70. The third-order valence-electron chi connectivity index (χ3n) is 2.78. The van der Waals surface area contributed by atoms with Crippen LogP contribution < -0.4 is 0 Å². The molecule has 2 aliphatic heterocycles. The molecule has 0 aromatic heterocycles. The second-order valence-electron chi connectivity index (χ2n) is 3.98. The molecule has 2 saturated heterocycles. The Balaban J connectivity index is 0.000000605. The van der Waals surface area contributed by atoms with E-state index < -0.39 is 0 Å². The molecule has 2 aliphatic rings. The van der Waals surface area contributed by atoms with Gasteiger partial charge in [0, 0.05) is 31.6 Å². The van der Waals surface area contributed by atoms with Crippen molar-refractivity contribution in [3.8, 4) is 0 Å². The van der Waals surface area contributed by atoms with Crippen molar-refractivity contribution in [3.63, 3.8) is 0 Å². The number of nitrogens with zero attached hydrogens (tertiary/aromatic N) is 2. The molecule has 0 saturated carbocycles. The minimum atomic E-state index is 0. The summed E-state index contributed by atoms with van der Waals surface area (Å²) in [6.07, 6.45) is 0. The van der Waals surface area contributed by atoms with Crippen molar-refractivity contribution in [1.82, 2.24) is 9.80 Å². The molecular weight excluding hydrogens is 156 g/mol. The largest absolute Gasteiger partial charge is 0.305 e. The van der Waals surface area contributed by atoms with Gasteiger partial charge in [-0.1, -0.05) is 6.92 Å². The van der Waals surface area contributed by atoms with Gasteiger partial charge in [0.2, 0.25) is 0 Å². The molecule has 0 N–H and O–H groups in total. The molecule has 0 bridgehead atoms. The Morgan fingerprint density at radius 3 is 2.09 bits per heavy atom. The smallest absolute Gasteiger partial charge is 0.0212 e. The monoisotopic (exact) mass is 174 g/mol. The summed E-state index contributed by atoms with van der Waals surface area (Å²) in [5.41, 5.74) is 0.741. The normalized spacial score (nSPS) is 28.9. The molecule has 0 unspecified atom stereocenters. The summed E-state index contributed by atoms with van der Waals surface area (Å²) in [4.78, 5) is 4.93. The van der Waals surface area contributed by atoms with E-state index in [4.69, 9.17) is 0 Å². The first kappa shape index (κ1) is 9.36. The van der Waals surface area contributed by atoms with Gasteiger partial charge in [-0.2, -0.15) is 13.5 Å². The van der Waals surface area contributed by atoms with E-state index in [1.807, 2.05) is 0 Å². The van der Waals surface area contributed by atoms with Crippen molar-refractivity contribution in [2.24, 2.45) is 5.41 Å². The minimum absolute atomic E-state index is 0. The fraction of sp³-hybridized carbons (Fsp3) is 1.00. The minimum Gasteiger partial charge on any atom is -0.305 e. The van der Waals surface area contributed by atoms with E-state index >= 15 is 0 Å². The van der Waals surface area contributed by atoms with Crippen LogP contribution in [-0.2, 0) is 0 Å². The van der Waals surface area contributed by atoms with Crippen molar-refractivity contribution in [2.45, 2.75) is 6.92 Å². The van der Waals surface area contributed by atoms with Gasteiger partial charge in [0.1, 0.15) is 0 Å². The van der Waals surface area contributed by atoms with E-state index in [2.05, 4.69) is 23.8 Å². The molecule has 0 radical (unpaired) electrons. The van der Waals surface area contributed by atoms with Crippen LogP contribution in [0.25, 0.3) is 0 Å². The molecular formula is C8H18N2S. The maximum Gasteiger partial charge on any atom is 0.0212 e. The molecule has 1 spiro atoms. The highest BCUT2D eigenvalue weighted by atomic mass is 32.1. The lowest BCUT2D eigenvalue weighted by Gasteiger charge is -2.59. The maximum atomic E-state index is 2.52. The van der Waals surface area contributed by atoms with E-state index in [1.165, 1.54) is 32.7 Å². The number of hydrogen-bond acceptors (Lipinski definition) is 2. The molecule has 0 atom stereocenters. The molecule has 66 valence electrons. The van der Waals surface area contributed by atoms with Gasteiger partial charge < -0.3 is 9.80 Å². The lowest BCUT2D eigenvalue weighted by molar-refractivity contribution is -0.102. The molecule has 11 heavy (non-hydrogen) atoms. The zero-order valence-electron chi connectivity index (χ0n) is 7.43. The predicted octanol–water partition coefficient (Wildman–Crippen LogP) is 0.366. The summed E-state index contributed by atoms with van der Waals surface area (Å²) >= 11 is 0. The summed E-state index contributed by atoms with van der Waals surface area (Å²) in [6, 6.07) is 0. The molecule has 3 heteroatoms. The second kappa shape index (κ2) is 2.96. The maximum absolute atomic E-state index is 2.52. The first-order valence-corrected chi connectivity index (χ1v) is 4.15. The topological polar surface area (TPSA) is 6.48 Å². The molecule has 2 heterocycles. The zero-order valence-corrected chi connectivity index (χ0v) is 8.43. The van der Waals surface area contributed by atoms with Gasteiger partial charge in [-0.15, -0.1) is 0 Å². The third kappa shape index (κ3) is 1.42. The summed E-state index contributed by atoms with van der Waals surface area (Å²) < 4.78 is 0. The average Bonchev–Trinajstić information content (AvgIpc) is 1.74. The predicted molar refractivity (Wildman–Crippen MR) is 52.4 cm³/mol. The van der Waals surface area contributed by atoms with E-state index in [-0.39, 0.29) is 13.5 Å². The van der Waals surface area contributed by atoms with E-state index in [0.29, 0.717) is 0 Å². The first-order chi connectivity index (χ1) is 4.74. The number of rotatable bonds is 1. The van der Waals surface area contributed by atoms with E-state index in [9.17, 15) is 0 Å². The van der Waals surface area contributed by atoms with Gasteiger partial charge in [0.05, 0.1) is 0 Å². The van der Waals surface area contributed by atoms with Crippen molar-refractivity contribution in [3.05, 3.63) is 0 Å². The van der Waals surface area contributed by atoms with Crippen LogP contribution in [0.4, 0.5) is 0 Å². The SMILES string of the molecule is CCN1CC2(CN(C)C2)C1.S. The van der Waals surface area contributed by atoms with Crippen LogP contribution in [-0.4, -0.2) is 49.6 Å². The number of likely N-dealkylation sites (tertiary alicyclic amines) is 2. The lowest BCUT2D eigenvalue weighted by atomic mass is 9.73. The Bertz CT molecular complexity index is 135. The second-order valence-corrected chi connectivity index (χ2v) is 3.98. The van der Waals surface area contributed by atoms with Gasteiger partial charge in [-0.25, -0.2) is 0 Å². The summed E-state index contributed by atoms with van der Waals surface area (Å²) in [5, 5.41) is 0. The van der Waals surface area contributed by atoms with Crippen molar-refractivity contribution in [1.29, 1.82) is 0 Å². The fourth-order valence-corrected chi connectivity index (χ4v) is 2.42. The van der Waals surface area contributed by atoms with Crippen LogP contribution in [0.2, 0.25) is 0 Å². The first-order valence-electron chi connectivity index (χ1n) is 4.15. The Labute approximate surface area is 76.0 Å². The Kier molecular flexibility index (Phi) is 2.52. The molecule has 2 nitrogen and oxygen atoms in total. The molecule has 0 amide bonds. The molecule has 0 aliphatic carbocycles. The van der Waals surface area contributed by atoms with Crippen molar-refractivity contribution in [2.75, 3.05) is 39.8 Å². The Morgan fingerprint density at radius 2 is 1.73 bits per heavy atom. The van der Waals surface area contributed by atoms with Gasteiger partial charge in [-0.3, -0.25) is 0 Å². The molecule has 0 aromatic carbocycles. The summed E-state index contributed by atoms with van der Waals surface area (Å²) in [5.74, 6) is 0. The van der Waals surface area contributed by atoms with Crippen LogP contribution in [0.15, 0.2) is 0 Å². The van der Waals surface area contributed by atoms with Crippen LogP contribution in [0, 0.1) is 5.41 Å². The zero-order chi connectivity index (χ0) is 7.19. The van der Waals surface area contributed by atoms with Crippen molar-refractivity contribution < 1.29 is 0 Å². The number of hydrogen-bond donors (Lipinski definition) is 0.